The van der Waals surface area contributed by atoms with E-state index in [1.807, 2.05) is 38.1 Å². The van der Waals surface area contributed by atoms with E-state index in [9.17, 15) is 4.79 Å². The van der Waals surface area contributed by atoms with Gasteiger partial charge in [0.2, 0.25) is 5.91 Å². The number of benzene rings is 1. The molecule has 0 aliphatic heterocycles. The molecule has 1 aromatic carbocycles. The van der Waals surface area contributed by atoms with Gasteiger partial charge in [-0.1, -0.05) is 36.5 Å². The third-order valence-electron chi connectivity index (χ3n) is 3.00. The first kappa shape index (κ1) is 14.2. The summed E-state index contributed by atoms with van der Waals surface area (Å²) >= 11 is 4.89. The summed E-state index contributed by atoms with van der Waals surface area (Å²) in [6, 6.07) is 7.34. The molecule has 0 saturated heterocycles. The lowest BCUT2D eigenvalue weighted by Gasteiger charge is -2.06. The number of aromatic nitrogens is 2. The fourth-order valence-electron chi connectivity index (χ4n) is 1.89. The van der Waals surface area contributed by atoms with Crippen molar-refractivity contribution in [3.05, 3.63) is 46.8 Å². The van der Waals surface area contributed by atoms with Crippen LogP contribution in [-0.2, 0) is 11.2 Å². The van der Waals surface area contributed by atoms with Crippen molar-refractivity contribution in [3.63, 3.8) is 0 Å². The highest BCUT2D eigenvalue weighted by molar-refractivity contribution is 7.80. The third-order valence-corrected chi connectivity index (χ3v) is 3.23. The Morgan fingerprint density at radius 1 is 1.35 bits per heavy atom. The molecule has 4 N–H and O–H groups in total. The number of anilines is 1. The van der Waals surface area contributed by atoms with Gasteiger partial charge in [-0.15, -0.1) is 0 Å². The van der Waals surface area contributed by atoms with Crippen LogP contribution in [0.3, 0.4) is 0 Å². The summed E-state index contributed by atoms with van der Waals surface area (Å²) in [5, 5.41) is 9.73. The van der Waals surface area contributed by atoms with Gasteiger partial charge in [-0.3, -0.25) is 9.89 Å². The molecule has 1 heterocycles. The van der Waals surface area contributed by atoms with Gasteiger partial charge in [0.25, 0.3) is 0 Å². The van der Waals surface area contributed by atoms with Gasteiger partial charge in [0.1, 0.15) is 4.99 Å². The number of aryl methyl sites for hydroxylation is 2. The first-order valence-corrected chi connectivity index (χ1v) is 6.58. The molecular weight excluding hydrogens is 272 g/mol. The lowest BCUT2D eigenvalue weighted by molar-refractivity contribution is -0.115. The van der Waals surface area contributed by atoms with Crippen LogP contribution in [0.5, 0.6) is 0 Å². The largest absolute Gasteiger partial charge is 0.389 e. The molecular formula is C14H16N4OS. The van der Waals surface area contributed by atoms with E-state index in [1.165, 1.54) is 0 Å². The highest BCUT2D eigenvalue weighted by atomic mass is 32.1. The van der Waals surface area contributed by atoms with Gasteiger partial charge in [0.05, 0.1) is 23.5 Å². The maximum absolute atomic E-state index is 12.0. The Morgan fingerprint density at radius 2 is 2.00 bits per heavy atom. The predicted octanol–water partition coefficient (Wildman–Crippen LogP) is 1.84. The summed E-state index contributed by atoms with van der Waals surface area (Å²) in [6.07, 6.45) is 0.293. The van der Waals surface area contributed by atoms with E-state index in [-0.39, 0.29) is 5.91 Å². The molecule has 0 fully saturated rings. The fourth-order valence-corrected chi connectivity index (χ4v) is 2.03. The highest BCUT2D eigenvalue weighted by Gasteiger charge is 2.10. The quantitative estimate of drug-likeness (QED) is 0.750. The molecule has 0 spiro atoms. The second kappa shape index (κ2) is 5.83. The van der Waals surface area contributed by atoms with Gasteiger partial charge >= 0.3 is 0 Å². The molecule has 104 valence electrons. The van der Waals surface area contributed by atoms with Crippen molar-refractivity contribution in [1.29, 1.82) is 0 Å². The van der Waals surface area contributed by atoms with Gasteiger partial charge < -0.3 is 11.1 Å². The number of nitrogens with zero attached hydrogens (tertiary/aromatic N) is 1. The number of nitrogens with one attached hydrogen (secondary N) is 2. The van der Waals surface area contributed by atoms with Gasteiger partial charge in [-0.05, 0) is 19.4 Å². The number of thiocarbonyl (C=S) groups is 1. The summed E-state index contributed by atoms with van der Waals surface area (Å²) in [6.45, 7) is 3.71. The van der Waals surface area contributed by atoms with Crippen molar-refractivity contribution < 1.29 is 4.79 Å². The van der Waals surface area contributed by atoms with Gasteiger partial charge in [0, 0.05) is 5.56 Å². The number of aromatic amines is 1. The van der Waals surface area contributed by atoms with Crippen molar-refractivity contribution in [2.75, 3.05) is 5.32 Å². The van der Waals surface area contributed by atoms with Crippen LogP contribution in [0, 0.1) is 13.8 Å². The molecule has 0 bridgehead atoms. The van der Waals surface area contributed by atoms with Crippen molar-refractivity contribution in [1.82, 2.24) is 10.2 Å². The molecule has 0 radical (unpaired) electrons. The zero-order valence-electron chi connectivity index (χ0n) is 11.4. The second-order valence-electron chi connectivity index (χ2n) is 4.60. The molecule has 0 atom stereocenters. The molecule has 0 aliphatic carbocycles. The van der Waals surface area contributed by atoms with Crippen LogP contribution < -0.4 is 11.1 Å². The summed E-state index contributed by atoms with van der Waals surface area (Å²) in [5.41, 5.74) is 9.60. The lowest BCUT2D eigenvalue weighted by atomic mass is 10.1. The van der Waals surface area contributed by atoms with E-state index >= 15 is 0 Å². The Hall–Kier alpha value is -2.21. The number of hydrogen-bond acceptors (Lipinski definition) is 3. The van der Waals surface area contributed by atoms with Crippen LogP contribution in [0.25, 0.3) is 0 Å². The average Bonchev–Trinajstić information content (AvgIpc) is 2.71. The average molecular weight is 288 g/mol. The van der Waals surface area contributed by atoms with Crippen LogP contribution in [0.2, 0.25) is 0 Å². The number of amides is 1. The predicted molar refractivity (Wildman–Crippen MR) is 82.7 cm³/mol. The van der Waals surface area contributed by atoms with Crippen LogP contribution in [0.1, 0.15) is 22.5 Å². The van der Waals surface area contributed by atoms with Crippen LogP contribution in [0.4, 0.5) is 5.69 Å². The summed E-state index contributed by atoms with van der Waals surface area (Å²) < 4.78 is 0. The number of nitrogens with two attached hydrogens (primary N) is 1. The van der Waals surface area contributed by atoms with E-state index < -0.39 is 0 Å². The number of carbonyl (C=O) groups excluding carboxylic acids is 1. The standard InChI is InChI=1S/C14H16N4OS/c1-8-13(9(2)18-17-8)16-12(19)7-10-3-5-11(6-4-10)14(15)20/h3-6H,7H2,1-2H3,(H2,15,20)(H,16,19)(H,17,18). The van der Waals surface area contributed by atoms with Crippen LogP contribution in [-0.4, -0.2) is 21.1 Å². The Bertz CT molecular complexity index is 626. The summed E-state index contributed by atoms with van der Waals surface area (Å²) in [4.78, 5) is 12.4. The minimum absolute atomic E-state index is 0.0827. The van der Waals surface area contributed by atoms with Crippen LogP contribution >= 0.6 is 12.2 Å². The molecule has 0 saturated carbocycles. The number of rotatable bonds is 4. The molecule has 2 rings (SSSR count). The van der Waals surface area contributed by atoms with Crippen molar-refractivity contribution in [2.24, 2.45) is 5.73 Å². The molecule has 5 nitrogen and oxygen atoms in total. The van der Waals surface area contributed by atoms with E-state index in [4.69, 9.17) is 18.0 Å². The molecule has 2 aromatic rings. The molecule has 1 amide bonds. The normalized spacial score (nSPS) is 10.3. The third kappa shape index (κ3) is 3.21. The van der Waals surface area contributed by atoms with Crippen LogP contribution in [0.15, 0.2) is 24.3 Å². The van der Waals surface area contributed by atoms with E-state index in [2.05, 4.69) is 15.5 Å². The van der Waals surface area contributed by atoms with Gasteiger partial charge in [0.15, 0.2) is 0 Å². The maximum atomic E-state index is 12.0. The Morgan fingerprint density at radius 3 is 2.50 bits per heavy atom. The topological polar surface area (TPSA) is 83.8 Å². The smallest absolute Gasteiger partial charge is 0.228 e. The van der Waals surface area contributed by atoms with Crippen molar-refractivity contribution in [3.8, 4) is 0 Å². The SMILES string of the molecule is Cc1n[nH]c(C)c1NC(=O)Cc1ccc(C(N)=S)cc1. The van der Waals surface area contributed by atoms with Gasteiger partial charge in [-0.25, -0.2) is 0 Å². The number of hydrogen-bond donors (Lipinski definition) is 3. The minimum atomic E-state index is -0.0827. The van der Waals surface area contributed by atoms with E-state index in [0.717, 1.165) is 28.2 Å². The molecule has 0 unspecified atom stereocenters. The first-order valence-electron chi connectivity index (χ1n) is 6.17. The Labute approximate surface area is 122 Å². The van der Waals surface area contributed by atoms with E-state index in [1.54, 1.807) is 0 Å². The van der Waals surface area contributed by atoms with E-state index in [0.29, 0.717) is 11.4 Å². The molecule has 0 aliphatic rings. The molecule has 1 aromatic heterocycles. The van der Waals surface area contributed by atoms with Crippen molar-refractivity contribution in [2.45, 2.75) is 20.3 Å². The summed E-state index contributed by atoms with van der Waals surface area (Å²) in [7, 11) is 0. The molecule has 6 heteroatoms. The summed E-state index contributed by atoms with van der Waals surface area (Å²) in [5.74, 6) is -0.0827. The zero-order valence-corrected chi connectivity index (χ0v) is 12.2. The first-order chi connectivity index (χ1) is 9.47. The minimum Gasteiger partial charge on any atom is -0.389 e. The monoisotopic (exact) mass is 288 g/mol. The zero-order chi connectivity index (χ0) is 14.7. The highest BCUT2D eigenvalue weighted by Crippen LogP contribution is 2.16. The number of H-pyrrole nitrogens is 1. The fraction of sp³-hybridized carbons (Fsp3) is 0.214. The second-order valence-corrected chi connectivity index (χ2v) is 5.03. The Kier molecular flexibility index (Phi) is 4.14. The Balaban J connectivity index is 2.03. The molecule has 20 heavy (non-hydrogen) atoms. The van der Waals surface area contributed by atoms with Gasteiger partial charge in [-0.2, -0.15) is 5.10 Å². The maximum Gasteiger partial charge on any atom is 0.228 e. The lowest BCUT2D eigenvalue weighted by Crippen LogP contribution is -2.15. The van der Waals surface area contributed by atoms with Crippen molar-refractivity contribution >= 4 is 28.8 Å². The number of carbonyl (C=O) groups is 1.